The van der Waals surface area contributed by atoms with Crippen LogP contribution in [0.5, 0.6) is 0 Å². The molecule has 0 saturated carbocycles. The number of rotatable bonds is 4. The first kappa shape index (κ1) is 14.4. The summed E-state index contributed by atoms with van der Waals surface area (Å²) in [6.07, 6.45) is 0. The van der Waals surface area contributed by atoms with Gasteiger partial charge in [-0.1, -0.05) is 12.1 Å². The molecule has 0 fully saturated rings. The number of anilines is 1. The Morgan fingerprint density at radius 1 is 1.05 bits per heavy atom. The van der Waals surface area contributed by atoms with E-state index in [1.807, 2.05) is 13.0 Å². The summed E-state index contributed by atoms with van der Waals surface area (Å²) in [5, 5.41) is 12.2. The number of aryl methyl sites for hydroxylation is 1. The summed E-state index contributed by atoms with van der Waals surface area (Å²) in [5.74, 6) is -3.30. The Balaban J connectivity index is 2.31. The summed E-state index contributed by atoms with van der Waals surface area (Å²) in [4.78, 5) is 0. The molecule has 1 unspecified atom stereocenters. The second-order valence-electron chi connectivity index (χ2n) is 4.54. The average molecular weight is 281 g/mol. The summed E-state index contributed by atoms with van der Waals surface area (Å²) in [5.41, 5.74) is 1.53. The van der Waals surface area contributed by atoms with Gasteiger partial charge in [0.2, 0.25) is 0 Å². The molecule has 2 aromatic rings. The van der Waals surface area contributed by atoms with E-state index in [0.717, 1.165) is 11.6 Å². The first-order chi connectivity index (χ1) is 9.51. The fourth-order valence-electron chi connectivity index (χ4n) is 1.96. The van der Waals surface area contributed by atoms with Crippen LogP contribution in [0.2, 0.25) is 0 Å². The molecule has 0 heterocycles. The number of aliphatic hydroxyl groups is 1. The van der Waals surface area contributed by atoms with Gasteiger partial charge in [0, 0.05) is 17.3 Å². The summed E-state index contributed by atoms with van der Waals surface area (Å²) >= 11 is 0. The summed E-state index contributed by atoms with van der Waals surface area (Å²) < 4.78 is 39.8. The van der Waals surface area contributed by atoms with Crippen molar-refractivity contribution in [1.82, 2.24) is 0 Å². The molecule has 0 saturated heterocycles. The molecule has 0 radical (unpaired) electrons. The smallest absolute Gasteiger partial charge is 0.161 e. The SMILES string of the molecule is Cc1cccc(NC(CO)c2cc(F)c(F)cc2F)c1. The van der Waals surface area contributed by atoms with E-state index in [4.69, 9.17) is 0 Å². The van der Waals surface area contributed by atoms with Gasteiger partial charge in [-0.3, -0.25) is 0 Å². The first-order valence-electron chi connectivity index (χ1n) is 6.09. The van der Waals surface area contributed by atoms with E-state index in [9.17, 15) is 18.3 Å². The molecule has 0 bridgehead atoms. The number of halogens is 3. The minimum absolute atomic E-state index is 0.118. The molecule has 0 aliphatic carbocycles. The highest BCUT2D eigenvalue weighted by Gasteiger charge is 2.18. The molecule has 106 valence electrons. The predicted molar refractivity (Wildman–Crippen MR) is 70.9 cm³/mol. The van der Waals surface area contributed by atoms with Crippen molar-refractivity contribution in [1.29, 1.82) is 0 Å². The minimum Gasteiger partial charge on any atom is -0.394 e. The molecule has 1 atom stereocenters. The van der Waals surface area contributed by atoms with Crippen LogP contribution in [0.1, 0.15) is 17.2 Å². The molecule has 0 amide bonds. The minimum atomic E-state index is -1.25. The molecule has 2 aromatic carbocycles. The van der Waals surface area contributed by atoms with Gasteiger partial charge in [0.15, 0.2) is 11.6 Å². The Morgan fingerprint density at radius 3 is 2.40 bits per heavy atom. The Hall–Kier alpha value is -2.01. The monoisotopic (exact) mass is 281 g/mol. The fraction of sp³-hybridized carbons (Fsp3) is 0.200. The largest absolute Gasteiger partial charge is 0.394 e. The Morgan fingerprint density at radius 2 is 1.75 bits per heavy atom. The van der Waals surface area contributed by atoms with Crippen molar-refractivity contribution >= 4 is 5.69 Å². The lowest BCUT2D eigenvalue weighted by Gasteiger charge is -2.19. The third-order valence-corrected chi connectivity index (χ3v) is 2.96. The quantitative estimate of drug-likeness (QED) is 0.840. The lowest BCUT2D eigenvalue weighted by Crippen LogP contribution is -2.17. The van der Waals surface area contributed by atoms with Gasteiger partial charge < -0.3 is 10.4 Å². The normalized spacial score (nSPS) is 12.2. The van der Waals surface area contributed by atoms with Gasteiger partial charge in [-0.05, 0) is 30.7 Å². The van der Waals surface area contributed by atoms with E-state index >= 15 is 0 Å². The first-order valence-corrected chi connectivity index (χ1v) is 6.09. The number of nitrogens with one attached hydrogen (secondary N) is 1. The van der Waals surface area contributed by atoms with E-state index in [1.165, 1.54) is 0 Å². The Kier molecular flexibility index (Phi) is 4.29. The van der Waals surface area contributed by atoms with Crippen LogP contribution in [0, 0.1) is 24.4 Å². The molecule has 2 nitrogen and oxygen atoms in total. The van der Waals surface area contributed by atoms with Crippen molar-refractivity contribution in [2.75, 3.05) is 11.9 Å². The molecule has 0 aliphatic rings. The van der Waals surface area contributed by atoms with E-state index in [2.05, 4.69) is 5.32 Å². The summed E-state index contributed by atoms with van der Waals surface area (Å²) in [7, 11) is 0. The van der Waals surface area contributed by atoms with Gasteiger partial charge in [0.1, 0.15) is 5.82 Å². The van der Waals surface area contributed by atoms with Gasteiger partial charge in [-0.25, -0.2) is 13.2 Å². The van der Waals surface area contributed by atoms with Crippen LogP contribution in [0.15, 0.2) is 36.4 Å². The fourth-order valence-corrected chi connectivity index (χ4v) is 1.96. The topological polar surface area (TPSA) is 32.3 Å². The van der Waals surface area contributed by atoms with Crippen LogP contribution in [0.4, 0.5) is 18.9 Å². The highest BCUT2D eigenvalue weighted by Crippen LogP contribution is 2.24. The zero-order chi connectivity index (χ0) is 14.7. The van der Waals surface area contributed by atoms with Crippen molar-refractivity contribution in [3.8, 4) is 0 Å². The van der Waals surface area contributed by atoms with Crippen molar-refractivity contribution < 1.29 is 18.3 Å². The average Bonchev–Trinajstić information content (AvgIpc) is 2.40. The van der Waals surface area contributed by atoms with Crippen LogP contribution >= 0.6 is 0 Å². The second kappa shape index (κ2) is 5.96. The van der Waals surface area contributed by atoms with Crippen LogP contribution in [0.25, 0.3) is 0 Å². The lowest BCUT2D eigenvalue weighted by atomic mass is 10.1. The maximum atomic E-state index is 13.7. The third-order valence-electron chi connectivity index (χ3n) is 2.96. The van der Waals surface area contributed by atoms with Gasteiger partial charge in [0.05, 0.1) is 12.6 Å². The van der Waals surface area contributed by atoms with Crippen molar-refractivity contribution in [3.63, 3.8) is 0 Å². The zero-order valence-corrected chi connectivity index (χ0v) is 10.8. The van der Waals surface area contributed by atoms with Gasteiger partial charge >= 0.3 is 0 Å². The van der Waals surface area contributed by atoms with Gasteiger partial charge in [-0.15, -0.1) is 0 Å². The maximum Gasteiger partial charge on any atom is 0.161 e. The van der Waals surface area contributed by atoms with Crippen LogP contribution in [-0.2, 0) is 0 Å². The number of hydrogen-bond acceptors (Lipinski definition) is 2. The van der Waals surface area contributed by atoms with E-state index in [-0.39, 0.29) is 5.56 Å². The van der Waals surface area contributed by atoms with Gasteiger partial charge in [-0.2, -0.15) is 0 Å². The maximum absolute atomic E-state index is 13.7. The molecule has 0 aromatic heterocycles. The van der Waals surface area contributed by atoms with Crippen LogP contribution in [0.3, 0.4) is 0 Å². The lowest BCUT2D eigenvalue weighted by molar-refractivity contribution is 0.273. The molecule has 0 spiro atoms. The molecule has 20 heavy (non-hydrogen) atoms. The third kappa shape index (κ3) is 3.11. The van der Waals surface area contributed by atoms with Crippen molar-refractivity contribution in [3.05, 3.63) is 65.0 Å². The molecular formula is C15H14F3NO. The second-order valence-corrected chi connectivity index (χ2v) is 4.54. The van der Waals surface area contributed by atoms with Crippen LogP contribution < -0.4 is 5.32 Å². The zero-order valence-electron chi connectivity index (χ0n) is 10.8. The molecule has 2 N–H and O–H groups in total. The molecular weight excluding hydrogens is 267 g/mol. The molecule has 0 aliphatic heterocycles. The number of hydrogen-bond donors (Lipinski definition) is 2. The Labute approximate surface area is 114 Å². The van der Waals surface area contributed by atoms with E-state index < -0.39 is 30.1 Å². The van der Waals surface area contributed by atoms with Crippen molar-refractivity contribution in [2.24, 2.45) is 0 Å². The summed E-state index contributed by atoms with van der Waals surface area (Å²) in [6.45, 7) is 1.44. The van der Waals surface area contributed by atoms with E-state index in [0.29, 0.717) is 11.8 Å². The summed E-state index contributed by atoms with van der Waals surface area (Å²) in [6, 6.07) is 7.62. The Bertz CT molecular complexity index is 616. The van der Waals surface area contributed by atoms with E-state index in [1.54, 1.807) is 18.2 Å². The van der Waals surface area contributed by atoms with Crippen LogP contribution in [-0.4, -0.2) is 11.7 Å². The molecule has 5 heteroatoms. The van der Waals surface area contributed by atoms with Gasteiger partial charge in [0.25, 0.3) is 0 Å². The predicted octanol–water partition coefficient (Wildman–Crippen LogP) is 3.56. The highest BCUT2D eigenvalue weighted by molar-refractivity contribution is 5.47. The standard InChI is InChI=1S/C15H14F3NO/c1-9-3-2-4-10(5-9)19-15(8-20)11-6-13(17)14(18)7-12(11)16/h2-7,15,19-20H,8H2,1H3. The molecule has 2 rings (SSSR count). The number of aliphatic hydroxyl groups excluding tert-OH is 1. The number of benzene rings is 2. The van der Waals surface area contributed by atoms with Crippen molar-refractivity contribution in [2.45, 2.75) is 13.0 Å². The highest BCUT2D eigenvalue weighted by atomic mass is 19.2.